The van der Waals surface area contributed by atoms with Gasteiger partial charge in [0, 0.05) is 43.3 Å². The van der Waals surface area contributed by atoms with Crippen molar-refractivity contribution in [2.45, 2.75) is 25.9 Å². The Balaban J connectivity index is 1.59. The van der Waals surface area contributed by atoms with Crippen LogP contribution < -0.4 is 16.2 Å². The molecule has 3 aromatic heterocycles. The van der Waals surface area contributed by atoms with Gasteiger partial charge in [-0.1, -0.05) is 12.1 Å². The van der Waals surface area contributed by atoms with Crippen molar-refractivity contribution in [1.82, 2.24) is 29.6 Å². The van der Waals surface area contributed by atoms with Crippen molar-refractivity contribution in [3.8, 4) is 5.69 Å². The fraction of sp³-hybridized carbons (Fsp3) is 0.250. The number of aliphatic hydroxyl groups excluding tert-OH is 1. The van der Waals surface area contributed by atoms with E-state index in [1.807, 2.05) is 18.2 Å². The monoisotopic (exact) mass is 443 g/mol. The zero-order valence-electron chi connectivity index (χ0n) is 18.2. The van der Waals surface area contributed by atoms with Gasteiger partial charge in [0.25, 0.3) is 5.56 Å². The second-order valence-electron chi connectivity index (χ2n) is 7.93. The molecule has 0 amide bonds. The van der Waals surface area contributed by atoms with Crippen LogP contribution >= 0.6 is 0 Å². The van der Waals surface area contributed by atoms with E-state index in [9.17, 15) is 9.90 Å². The fourth-order valence-electron chi connectivity index (χ4n) is 4.17. The molecule has 0 saturated carbocycles. The molecule has 0 fully saturated rings. The molecule has 0 saturated heterocycles. The summed E-state index contributed by atoms with van der Waals surface area (Å²) in [6, 6.07) is 9.91. The van der Waals surface area contributed by atoms with E-state index in [0.29, 0.717) is 29.9 Å². The van der Waals surface area contributed by atoms with Crippen molar-refractivity contribution < 1.29 is 5.11 Å². The summed E-state index contributed by atoms with van der Waals surface area (Å²) in [6.07, 6.45) is 6.29. The van der Waals surface area contributed by atoms with Gasteiger partial charge in [0.05, 0.1) is 12.2 Å². The van der Waals surface area contributed by atoms with Crippen molar-refractivity contribution in [2.24, 2.45) is 0 Å². The summed E-state index contributed by atoms with van der Waals surface area (Å²) >= 11 is 0. The molecular formula is C24H25N7O2. The summed E-state index contributed by atoms with van der Waals surface area (Å²) in [5.74, 6) is 0.408. The topological polar surface area (TPSA) is 110 Å². The van der Waals surface area contributed by atoms with Crippen LogP contribution in [0.25, 0.3) is 16.7 Å². The molecule has 33 heavy (non-hydrogen) atoms. The van der Waals surface area contributed by atoms with Crippen molar-refractivity contribution in [2.75, 3.05) is 18.5 Å². The minimum atomic E-state index is -0.196. The molecule has 1 aliphatic heterocycles. The van der Waals surface area contributed by atoms with Gasteiger partial charge < -0.3 is 15.7 Å². The number of aliphatic hydroxyl groups is 1. The maximum atomic E-state index is 13.1. The Morgan fingerprint density at radius 3 is 2.97 bits per heavy atom. The first-order valence-corrected chi connectivity index (χ1v) is 10.9. The van der Waals surface area contributed by atoms with E-state index in [1.165, 1.54) is 11.1 Å². The van der Waals surface area contributed by atoms with Crippen molar-refractivity contribution >= 4 is 22.7 Å². The third kappa shape index (κ3) is 4.04. The van der Waals surface area contributed by atoms with Crippen LogP contribution in [0.3, 0.4) is 0 Å². The number of fused-ring (bicyclic) bond motifs is 2. The van der Waals surface area contributed by atoms with E-state index in [4.69, 9.17) is 4.98 Å². The Morgan fingerprint density at radius 2 is 2.12 bits per heavy atom. The van der Waals surface area contributed by atoms with Crippen LogP contribution in [-0.2, 0) is 25.9 Å². The minimum absolute atomic E-state index is 0.00454. The van der Waals surface area contributed by atoms with E-state index in [0.717, 1.165) is 36.6 Å². The second kappa shape index (κ2) is 8.97. The summed E-state index contributed by atoms with van der Waals surface area (Å²) in [6.45, 7) is 5.94. The first kappa shape index (κ1) is 21.0. The largest absolute Gasteiger partial charge is 0.396 e. The number of hydrogen-bond acceptors (Lipinski definition) is 7. The van der Waals surface area contributed by atoms with Crippen LogP contribution in [0.1, 0.15) is 16.8 Å². The molecule has 0 aliphatic carbocycles. The van der Waals surface area contributed by atoms with Crippen molar-refractivity contribution in [1.29, 1.82) is 0 Å². The second-order valence-corrected chi connectivity index (χ2v) is 7.93. The lowest BCUT2D eigenvalue weighted by Crippen LogP contribution is -2.23. The molecule has 0 bridgehead atoms. The number of benzene rings is 1. The molecule has 4 aromatic rings. The number of nitrogens with one attached hydrogen (secondary N) is 2. The van der Waals surface area contributed by atoms with Crippen molar-refractivity contribution in [3.63, 3.8) is 0 Å². The number of allylic oxidation sites excluding steroid dienone is 1. The smallest absolute Gasteiger partial charge is 0.278 e. The molecule has 9 nitrogen and oxygen atoms in total. The SMILES string of the molecule is C=CCn1c(=O)c2cnc(Nc3ccc4c(c3)CCNC4)nc2n1-c1ccnc(CCO)c1. The normalized spacial score (nSPS) is 13.1. The predicted octanol–water partition coefficient (Wildman–Crippen LogP) is 2.09. The average molecular weight is 444 g/mol. The molecule has 1 aromatic carbocycles. The molecule has 168 valence electrons. The number of hydrogen-bond donors (Lipinski definition) is 3. The van der Waals surface area contributed by atoms with Gasteiger partial charge in [-0.25, -0.2) is 14.3 Å². The summed E-state index contributed by atoms with van der Waals surface area (Å²) in [5.41, 5.74) is 5.26. The Hall–Kier alpha value is -3.82. The maximum absolute atomic E-state index is 13.1. The van der Waals surface area contributed by atoms with Gasteiger partial charge >= 0.3 is 0 Å². The summed E-state index contributed by atoms with van der Waals surface area (Å²) in [7, 11) is 0. The zero-order valence-corrected chi connectivity index (χ0v) is 18.2. The quantitative estimate of drug-likeness (QED) is 0.375. The van der Waals surface area contributed by atoms with Gasteiger partial charge in [-0.3, -0.25) is 9.78 Å². The number of anilines is 2. The molecule has 9 heteroatoms. The Kier molecular flexibility index (Phi) is 5.72. The molecule has 0 radical (unpaired) electrons. The van der Waals surface area contributed by atoms with Crippen LogP contribution in [-0.4, -0.2) is 42.6 Å². The Morgan fingerprint density at radius 1 is 1.21 bits per heavy atom. The number of rotatable bonds is 7. The lowest BCUT2D eigenvalue weighted by molar-refractivity contribution is 0.298. The third-order valence-corrected chi connectivity index (χ3v) is 5.74. The first-order chi connectivity index (χ1) is 16.2. The lowest BCUT2D eigenvalue weighted by Gasteiger charge is -2.18. The van der Waals surface area contributed by atoms with Gasteiger partial charge in [0.1, 0.15) is 5.39 Å². The summed E-state index contributed by atoms with van der Waals surface area (Å²) in [4.78, 5) is 26.5. The molecule has 5 rings (SSSR count). The van der Waals surface area contributed by atoms with Crippen molar-refractivity contribution in [3.05, 3.63) is 82.6 Å². The van der Waals surface area contributed by atoms with Crippen LogP contribution in [0.5, 0.6) is 0 Å². The molecule has 1 aliphatic rings. The molecule has 0 atom stereocenters. The van der Waals surface area contributed by atoms with E-state index < -0.39 is 0 Å². The summed E-state index contributed by atoms with van der Waals surface area (Å²) < 4.78 is 3.33. The lowest BCUT2D eigenvalue weighted by atomic mass is 10.0. The maximum Gasteiger partial charge on any atom is 0.278 e. The molecule has 4 heterocycles. The van der Waals surface area contributed by atoms with Crippen LogP contribution in [0, 0.1) is 0 Å². The minimum Gasteiger partial charge on any atom is -0.396 e. The van der Waals surface area contributed by atoms with Crippen LogP contribution in [0.4, 0.5) is 11.6 Å². The molecular weight excluding hydrogens is 418 g/mol. The van der Waals surface area contributed by atoms with E-state index in [-0.39, 0.29) is 12.2 Å². The van der Waals surface area contributed by atoms with E-state index >= 15 is 0 Å². The highest BCUT2D eigenvalue weighted by atomic mass is 16.3. The standard InChI is InChI=1S/C24H25N7O2/c1-2-10-30-23(33)21-15-27-24(28-19-4-3-17-14-25-8-5-16(17)12-19)29-22(21)31(30)20-6-9-26-18(13-20)7-11-32/h2-4,6,9,12-13,15,25,32H,1,5,7-8,10-11,14H2,(H,27,28,29). The van der Waals surface area contributed by atoms with Gasteiger partial charge in [-0.05, 0) is 48.4 Å². The van der Waals surface area contributed by atoms with Gasteiger partial charge in [0.15, 0.2) is 5.65 Å². The first-order valence-electron chi connectivity index (χ1n) is 10.9. The zero-order chi connectivity index (χ0) is 22.8. The van der Waals surface area contributed by atoms with Gasteiger partial charge in [-0.2, -0.15) is 4.98 Å². The molecule has 0 unspecified atom stereocenters. The highest BCUT2D eigenvalue weighted by Gasteiger charge is 2.18. The van der Waals surface area contributed by atoms with Crippen LogP contribution in [0.15, 0.2) is 60.2 Å². The van der Waals surface area contributed by atoms with E-state index in [2.05, 4.69) is 39.3 Å². The number of pyridine rings is 1. The van der Waals surface area contributed by atoms with Gasteiger partial charge in [0.2, 0.25) is 5.95 Å². The van der Waals surface area contributed by atoms with Gasteiger partial charge in [-0.15, -0.1) is 6.58 Å². The number of nitrogens with zero attached hydrogens (tertiary/aromatic N) is 5. The Bertz CT molecular complexity index is 1390. The fourth-order valence-corrected chi connectivity index (χ4v) is 4.17. The third-order valence-electron chi connectivity index (χ3n) is 5.74. The average Bonchev–Trinajstić information content (AvgIpc) is 3.10. The predicted molar refractivity (Wildman–Crippen MR) is 127 cm³/mol. The highest BCUT2D eigenvalue weighted by Crippen LogP contribution is 2.23. The Labute approximate surface area is 190 Å². The van der Waals surface area contributed by atoms with E-state index in [1.54, 1.807) is 27.8 Å². The van der Waals surface area contributed by atoms with Crippen LogP contribution in [0.2, 0.25) is 0 Å². The highest BCUT2D eigenvalue weighted by molar-refractivity contribution is 5.77. The molecule has 3 N–H and O–H groups in total. The number of aromatic nitrogens is 5. The molecule has 0 spiro atoms. The summed E-state index contributed by atoms with van der Waals surface area (Å²) in [5, 5.41) is 16.4.